The largest absolute Gasteiger partial charge is 0.497 e. The predicted octanol–water partition coefficient (Wildman–Crippen LogP) is 4.38. The lowest BCUT2D eigenvalue weighted by Gasteiger charge is -2.18. The molecule has 1 unspecified atom stereocenters. The van der Waals surface area contributed by atoms with Crippen LogP contribution in [0.15, 0.2) is 83.3 Å². The van der Waals surface area contributed by atoms with E-state index in [0.717, 1.165) is 16.9 Å². The van der Waals surface area contributed by atoms with Gasteiger partial charge in [-0.05, 0) is 54.8 Å². The van der Waals surface area contributed by atoms with Crippen LogP contribution in [0.5, 0.6) is 5.75 Å². The molecule has 0 amide bonds. The normalized spacial score (nSPS) is 15.6. The smallest absolute Gasteiger partial charge is 0.317 e. The Hall–Kier alpha value is -3.16. The van der Waals surface area contributed by atoms with Crippen molar-refractivity contribution in [1.82, 2.24) is 4.31 Å². The van der Waals surface area contributed by atoms with Crippen molar-refractivity contribution < 1.29 is 22.7 Å². The number of hydrogen-bond donors (Lipinski definition) is 0. The van der Waals surface area contributed by atoms with Crippen molar-refractivity contribution >= 4 is 22.1 Å². The van der Waals surface area contributed by atoms with E-state index in [2.05, 4.69) is 6.58 Å². The molecule has 3 rings (SSSR count). The lowest BCUT2D eigenvalue weighted by molar-refractivity contribution is -0.145. The number of carbonyl (C=O) groups is 1. The van der Waals surface area contributed by atoms with E-state index in [4.69, 9.17) is 9.47 Å². The lowest BCUT2D eigenvalue weighted by Crippen LogP contribution is -2.31. The topological polar surface area (TPSA) is 72.9 Å². The number of rotatable bonds is 9. The maximum atomic E-state index is 13.2. The van der Waals surface area contributed by atoms with Gasteiger partial charge >= 0.3 is 5.97 Å². The summed E-state index contributed by atoms with van der Waals surface area (Å²) in [6, 6.07) is 14.2. The van der Waals surface area contributed by atoms with Crippen molar-refractivity contribution in [2.75, 3.05) is 26.8 Å². The molecule has 0 N–H and O–H groups in total. The second kappa shape index (κ2) is 10.6. The molecule has 0 aromatic heterocycles. The summed E-state index contributed by atoms with van der Waals surface area (Å²) in [4.78, 5) is 13.1. The fraction of sp³-hybridized carbons (Fsp3) is 0.269. The minimum atomic E-state index is -3.72. The van der Waals surface area contributed by atoms with E-state index in [9.17, 15) is 13.2 Å². The summed E-state index contributed by atoms with van der Waals surface area (Å²) < 4.78 is 38.3. The molecule has 1 atom stereocenters. The monoisotopic (exact) mass is 467 g/mol. The van der Waals surface area contributed by atoms with E-state index < -0.39 is 21.9 Å². The lowest BCUT2D eigenvalue weighted by atomic mass is 9.94. The minimum Gasteiger partial charge on any atom is -0.497 e. The quantitative estimate of drug-likeness (QED) is 0.512. The zero-order valence-electron chi connectivity index (χ0n) is 19.2. The van der Waals surface area contributed by atoms with Crippen LogP contribution in [-0.4, -0.2) is 45.5 Å². The fourth-order valence-corrected chi connectivity index (χ4v) is 5.05. The van der Waals surface area contributed by atoms with Gasteiger partial charge in [0.05, 0.1) is 24.5 Å². The van der Waals surface area contributed by atoms with Gasteiger partial charge in [0.15, 0.2) is 0 Å². The second-order valence-electron chi connectivity index (χ2n) is 7.70. The van der Waals surface area contributed by atoms with Crippen LogP contribution in [0.1, 0.15) is 18.1 Å². The van der Waals surface area contributed by atoms with Gasteiger partial charge in [0.25, 0.3) is 0 Å². The minimum absolute atomic E-state index is 0.0913. The molecule has 7 heteroatoms. The zero-order valence-corrected chi connectivity index (χ0v) is 20.0. The maximum Gasteiger partial charge on any atom is 0.317 e. The maximum absolute atomic E-state index is 13.2. The molecule has 1 aliphatic rings. The Morgan fingerprint density at radius 3 is 2.36 bits per heavy atom. The summed E-state index contributed by atoms with van der Waals surface area (Å²) in [5.41, 5.74) is 3.24. The Balaban J connectivity index is 1.91. The molecule has 0 bridgehead atoms. The number of aryl methyl sites for hydroxylation is 1. The molecule has 6 nitrogen and oxygen atoms in total. The second-order valence-corrected chi connectivity index (χ2v) is 9.64. The first kappa shape index (κ1) is 24.5. The van der Waals surface area contributed by atoms with Gasteiger partial charge in [0, 0.05) is 13.1 Å². The number of esters is 1. The van der Waals surface area contributed by atoms with Gasteiger partial charge in [-0.3, -0.25) is 4.79 Å². The summed E-state index contributed by atoms with van der Waals surface area (Å²) in [7, 11) is -2.13. The van der Waals surface area contributed by atoms with E-state index in [1.165, 1.54) is 4.31 Å². The highest BCUT2D eigenvalue weighted by Crippen LogP contribution is 2.31. The highest BCUT2D eigenvalue weighted by Gasteiger charge is 2.36. The first-order chi connectivity index (χ1) is 15.8. The molecule has 0 radical (unpaired) electrons. The molecule has 0 fully saturated rings. The van der Waals surface area contributed by atoms with Gasteiger partial charge < -0.3 is 9.47 Å². The van der Waals surface area contributed by atoms with Crippen LogP contribution in [0.2, 0.25) is 0 Å². The Morgan fingerprint density at radius 2 is 1.79 bits per heavy atom. The Kier molecular flexibility index (Phi) is 7.89. The van der Waals surface area contributed by atoms with Crippen LogP contribution in [0, 0.1) is 12.8 Å². The number of ether oxygens (including phenoxy) is 2. The van der Waals surface area contributed by atoms with Crippen molar-refractivity contribution in [3.8, 4) is 5.75 Å². The number of nitrogens with zero attached hydrogens (tertiary/aromatic N) is 1. The van der Waals surface area contributed by atoms with Crippen LogP contribution < -0.4 is 4.74 Å². The highest BCUT2D eigenvalue weighted by molar-refractivity contribution is 7.89. The van der Waals surface area contributed by atoms with E-state index in [0.29, 0.717) is 11.1 Å². The van der Waals surface area contributed by atoms with Crippen molar-refractivity contribution in [2.45, 2.75) is 18.7 Å². The molecule has 2 aromatic carbocycles. The number of hydrogen-bond acceptors (Lipinski definition) is 5. The van der Waals surface area contributed by atoms with Gasteiger partial charge in [-0.2, -0.15) is 4.31 Å². The number of sulfonamides is 1. The predicted molar refractivity (Wildman–Crippen MR) is 129 cm³/mol. The number of methoxy groups -OCH3 is 1. The molecule has 1 heterocycles. The molecule has 0 saturated carbocycles. The Bertz CT molecular complexity index is 1160. The first-order valence-corrected chi connectivity index (χ1v) is 12.1. The van der Waals surface area contributed by atoms with E-state index in [-0.39, 0.29) is 24.6 Å². The van der Waals surface area contributed by atoms with Gasteiger partial charge in [-0.25, -0.2) is 8.42 Å². The Labute approximate surface area is 195 Å². The molecule has 1 aliphatic heterocycles. The fourth-order valence-electron chi connectivity index (χ4n) is 3.65. The van der Waals surface area contributed by atoms with Gasteiger partial charge in [-0.1, -0.05) is 54.6 Å². The summed E-state index contributed by atoms with van der Waals surface area (Å²) in [6.45, 7) is 7.97. The third-order valence-electron chi connectivity index (χ3n) is 5.52. The van der Waals surface area contributed by atoms with E-state index in [1.54, 1.807) is 50.5 Å². The SMILES string of the molecule is C=CC1=C(C(/C=C/c2ccc(OC)cc2)C(=O)OCC)CN(S(=O)(=O)c2ccc(C)cc2)C1. The molecule has 2 aromatic rings. The van der Waals surface area contributed by atoms with Crippen LogP contribution in [0.3, 0.4) is 0 Å². The van der Waals surface area contributed by atoms with Crippen molar-refractivity contribution in [1.29, 1.82) is 0 Å². The average Bonchev–Trinajstić information content (AvgIpc) is 3.25. The standard InChI is InChI=1S/C26H29NO5S/c1-5-21-17-27(33(29,30)23-14-7-19(3)8-15-23)18-25(21)24(26(28)32-6-2)16-11-20-9-12-22(31-4)13-10-20/h5,7-16,24H,1,6,17-18H2,2-4H3/b16-11+. The first-order valence-electron chi connectivity index (χ1n) is 10.7. The van der Waals surface area contributed by atoms with Crippen molar-refractivity contribution in [2.24, 2.45) is 5.92 Å². The molecule has 33 heavy (non-hydrogen) atoms. The third kappa shape index (κ3) is 5.61. The van der Waals surface area contributed by atoms with Crippen LogP contribution in [0.25, 0.3) is 6.08 Å². The molecular weight excluding hydrogens is 438 g/mol. The molecule has 0 spiro atoms. The molecule has 0 aliphatic carbocycles. The number of benzene rings is 2. The van der Waals surface area contributed by atoms with Crippen LogP contribution >= 0.6 is 0 Å². The van der Waals surface area contributed by atoms with Crippen LogP contribution in [0.4, 0.5) is 0 Å². The number of carbonyl (C=O) groups excluding carboxylic acids is 1. The van der Waals surface area contributed by atoms with Gasteiger partial charge in [0.1, 0.15) is 5.75 Å². The summed E-state index contributed by atoms with van der Waals surface area (Å²) in [6.07, 6.45) is 5.19. The summed E-state index contributed by atoms with van der Waals surface area (Å²) in [5, 5.41) is 0. The van der Waals surface area contributed by atoms with E-state index in [1.807, 2.05) is 37.3 Å². The van der Waals surface area contributed by atoms with Crippen LogP contribution in [-0.2, 0) is 19.6 Å². The van der Waals surface area contributed by atoms with Gasteiger partial charge in [0.2, 0.25) is 10.0 Å². The molecular formula is C26H29NO5S. The zero-order chi connectivity index (χ0) is 24.0. The average molecular weight is 468 g/mol. The van der Waals surface area contributed by atoms with Crippen molar-refractivity contribution in [3.63, 3.8) is 0 Å². The molecule has 0 saturated heterocycles. The Morgan fingerprint density at radius 1 is 1.12 bits per heavy atom. The molecule has 174 valence electrons. The van der Waals surface area contributed by atoms with Crippen molar-refractivity contribution in [3.05, 3.63) is 89.5 Å². The third-order valence-corrected chi connectivity index (χ3v) is 7.33. The van der Waals surface area contributed by atoms with E-state index >= 15 is 0 Å². The van der Waals surface area contributed by atoms with Gasteiger partial charge in [-0.15, -0.1) is 0 Å². The summed E-state index contributed by atoms with van der Waals surface area (Å²) >= 11 is 0. The highest BCUT2D eigenvalue weighted by atomic mass is 32.2. The summed E-state index contributed by atoms with van der Waals surface area (Å²) in [5.74, 6) is -0.414.